The Bertz CT molecular complexity index is 607. The molecule has 2 N–H and O–H groups in total. The Balaban J connectivity index is 1.55. The third-order valence-corrected chi connectivity index (χ3v) is 5.95. The third-order valence-electron chi connectivity index (χ3n) is 4.36. The normalized spacial score (nSPS) is 21.6. The molecule has 2 saturated carbocycles. The van der Waals surface area contributed by atoms with Gasteiger partial charge in [0.1, 0.15) is 6.10 Å². The predicted octanol–water partition coefficient (Wildman–Crippen LogP) is 0.689. The first-order valence-electron chi connectivity index (χ1n) is 7.71. The lowest BCUT2D eigenvalue weighted by atomic mass is 10.3. The maximum Gasteiger partial charge on any atom is 0.279 e. The lowest BCUT2D eigenvalue weighted by molar-refractivity contribution is 0.137. The molecule has 0 aliphatic heterocycles. The van der Waals surface area contributed by atoms with Gasteiger partial charge in [-0.15, -0.1) is 0 Å². The number of hydrogen-bond donors (Lipinski definition) is 2. The molecule has 8 nitrogen and oxygen atoms in total. The van der Waals surface area contributed by atoms with E-state index in [1.807, 2.05) is 0 Å². The lowest BCUT2D eigenvalue weighted by Crippen LogP contribution is -2.44. The molecule has 2 fully saturated rings. The summed E-state index contributed by atoms with van der Waals surface area (Å²) < 4.78 is 33.2. The topological polar surface area (TPSA) is 109 Å². The van der Waals surface area contributed by atoms with E-state index in [9.17, 15) is 13.5 Å². The number of rotatable bonds is 7. The second kappa shape index (κ2) is 6.23. The summed E-state index contributed by atoms with van der Waals surface area (Å²) in [5.41, 5.74) is 0. The SMILES string of the molecule is CN(C1CCCC1)S(=O)(=O)NCC(O)c1nc(C2CC2)no1. The highest BCUT2D eigenvalue weighted by Crippen LogP contribution is 2.38. The summed E-state index contributed by atoms with van der Waals surface area (Å²) in [6.45, 7) is -0.175. The molecule has 0 amide bonds. The molecule has 2 aliphatic rings. The molecule has 0 aromatic carbocycles. The first kappa shape index (κ1) is 15.9. The van der Waals surface area contributed by atoms with Gasteiger partial charge in [-0.1, -0.05) is 18.0 Å². The van der Waals surface area contributed by atoms with Crippen LogP contribution in [0.3, 0.4) is 0 Å². The maximum absolute atomic E-state index is 12.2. The summed E-state index contributed by atoms with van der Waals surface area (Å²) in [6.07, 6.45) is 4.81. The van der Waals surface area contributed by atoms with E-state index in [1.165, 1.54) is 4.31 Å². The smallest absolute Gasteiger partial charge is 0.279 e. The first-order chi connectivity index (χ1) is 10.5. The summed E-state index contributed by atoms with van der Waals surface area (Å²) in [6, 6.07) is 0.0412. The van der Waals surface area contributed by atoms with E-state index in [0.717, 1.165) is 38.5 Å². The Kier molecular flexibility index (Phi) is 4.49. The van der Waals surface area contributed by atoms with Crippen LogP contribution in [0.5, 0.6) is 0 Å². The van der Waals surface area contributed by atoms with E-state index in [-0.39, 0.29) is 18.5 Å². The standard InChI is InChI=1S/C13H22N4O4S/c1-17(10-4-2-3-5-10)22(19,20)14-8-11(18)13-15-12(16-21-13)9-6-7-9/h9-11,14,18H,2-8H2,1H3. The van der Waals surface area contributed by atoms with Crippen LogP contribution in [-0.4, -0.2) is 47.6 Å². The van der Waals surface area contributed by atoms with Crippen LogP contribution in [-0.2, 0) is 10.2 Å². The molecular weight excluding hydrogens is 308 g/mol. The number of nitrogens with zero attached hydrogens (tertiary/aromatic N) is 3. The number of nitrogens with one attached hydrogen (secondary N) is 1. The summed E-state index contributed by atoms with van der Waals surface area (Å²) >= 11 is 0. The van der Waals surface area contributed by atoms with Crippen LogP contribution < -0.4 is 4.72 Å². The van der Waals surface area contributed by atoms with Gasteiger partial charge < -0.3 is 9.63 Å². The first-order valence-corrected chi connectivity index (χ1v) is 9.15. The van der Waals surface area contributed by atoms with E-state index in [4.69, 9.17) is 4.52 Å². The summed E-state index contributed by atoms with van der Waals surface area (Å²) in [4.78, 5) is 4.12. The highest BCUT2D eigenvalue weighted by molar-refractivity contribution is 7.87. The van der Waals surface area contributed by atoms with Gasteiger partial charge >= 0.3 is 0 Å². The van der Waals surface area contributed by atoms with Gasteiger partial charge in [-0.25, -0.2) is 0 Å². The number of aliphatic hydroxyl groups excluding tert-OH is 1. The van der Waals surface area contributed by atoms with Crippen LogP contribution in [0.4, 0.5) is 0 Å². The Hall–Kier alpha value is -1.03. The zero-order valence-corrected chi connectivity index (χ0v) is 13.4. The van der Waals surface area contributed by atoms with E-state index in [0.29, 0.717) is 11.7 Å². The molecule has 2 aliphatic carbocycles. The zero-order valence-electron chi connectivity index (χ0n) is 12.6. The van der Waals surface area contributed by atoms with Gasteiger partial charge in [0, 0.05) is 25.6 Å². The summed E-state index contributed by atoms with van der Waals surface area (Å²) in [7, 11) is -2.04. The molecule has 0 spiro atoms. The van der Waals surface area contributed by atoms with Gasteiger partial charge in [0.15, 0.2) is 5.82 Å². The predicted molar refractivity (Wildman–Crippen MR) is 78.2 cm³/mol. The second-order valence-corrected chi connectivity index (χ2v) is 7.90. The monoisotopic (exact) mass is 330 g/mol. The average molecular weight is 330 g/mol. The second-order valence-electron chi connectivity index (χ2n) is 6.09. The van der Waals surface area contributed by atoms with Crippen molar-refractivity contribution in [1.29, 1.82) is 0 Å². The van der Waals surface area contributed by atoms with Crippen molar-refractivity contribution in [2.75, 3.05) is 13.6 Å². The molecule has 0 radical (unpaired) electrons. The molecule has 1 aromatic heterocycles. The van der Waals surface area contributed by atoms with Crippen molar-refractivity contribution >= 4 is 10.2 Å². The van der Waals surface area contributed by atoms with Crippen molar-refractivity contribution in [3.63, 3.8) is 0 Å². The molecule has 1 heterocycles. The number of aliphatic hydroxyl groups is 1. The lowest BCUT2D eigenvalue weighted by Gasteiger charge is -2.24. The van der Waals surface area contributed by atoms with E-state index in [1.54, 1.807) is 7.05 Å². The van der Waals surface area contributed by atoms with Gasteiger partial charge in [0.05, 0.1) is 0 Å². The van der Waals surface area contributed by atoms with E-state index < -0.39 is 16.3 Å². The van der Waals surface area contributed by atoms with E-state index in [2.05, 4.69) is 14.9 Å². The van der Waals surface area contributed by atoms with Gasteiger partial charge in [-0.05, 0) is 25.7 Å². The fraction of sp³-hybridized carbons (Fsp3) is 0.846. The minimum atomic E-state index is -3.61. The van der Waals surface area contributed by atoms with Crippen LogP contribution in [0.2, 0.25) is 0 Å². The molecule has 124 valence electrons. The van der Waals surface area contributed by atoms with Crippen LogP contribution in [0.15, 0.2) is 4.52 Å². The highest BCUT2D eigenvalue weighted by Gasteiger charge is 2.31. The molecule has 0 bridgehead atoms. The zero-order chi connectivity index (χ0) is 15.7. The minimum Gasteiger partial charge on any atom is -0.382 e. The molecule has 1 atom stereocenters. The van der Waals surface area contributed by atoms with Gasteiger partial charge in [0.25, 0.3) is 16.1 Å². The van der Waals surface area contributed by atoms with Crippen molar-refractivity contribution in [2.24, 2.45) is 0 Å². The van der Waals surface area contributed by atoms with Crippen LogP contribution in [0.1, 0.15) is 62.3 Å². The molecule has 1 unspecified atom stereocenters. The Morgan fingerprint density at radius 3 is 2.68 bits per heavy atom. The number of hydrogen-bond acceptors (Lipinski definition) is 6. The third kappa shape index (κ3) is 3.48. The van der Waals surface area contributed by atoms with Crippen molar-refractivity contribution < 1.29 is 18.0 Å². The van der Waals surface area contributed by atoms with Crippen molar-refractivity contribution in [2.45, 2.75) is 56.6 Å². The largest absolute Gasteiger partial charge is 0.382 e. The van der Waals surface area contributed by atoms with Crippen LogP contribution in [0.25, 0.3) is 0 Å². The Labute approximate surface area is 130 Å². The minimum absolute atomic E-state index is 0.0412. The van der Waals surface area contributed by atoms with Gasteiger partial charge in [-0.3, -0.25) is 0 Å². The molecular formula is C13H22N4O4S. The fourth-order valence-electron chi connectivity index (χ4n) is 2.73. The van der Waals surface area contributed by atoms with Crippen molar-refractivity contribution in [1.82, 2.24) is 19.2 Å². The average Bonchev–Trinajstić information content (AvgIpc) is 3.03. The number of aromatic nitrogens is 2. The Morgan fingerprint density at radius 1 is 1.36 bits per heavy atom. The molecule has 22 heavy (non-hydrogen) atoms. The van der Waals surface area contributed by atoms with Crippen LogP contribution in [0, 0.1) is 0 Å². The van der Waals surface area contributed by atoms with Crippen LogP contribution >= 0.6 is 0 Å². The molecule has 1 aromatic rings. The quantitative estimate of drug-likeness (QED) is 0.761. The molecule has 3 rings (SSSR count). The van der Waals surface area contributed by atoms with Crippen molar-refractivity contribution in [3.8, 4) is 0 Å². The van der Waals surface area contributed by atoms with Gasteiger partial charge in [-0.2, -0.15) is 22.4 Å². The highest BCUT2D eigenvalue weighted by atomic mass is 32.2. The molecule has 0 saturated heterocycles. The van der Waals surface area contributed by atoms with Crippen molar-refractivity contribution in [3.05, 3.63) is 11.7 Å². The summed E-state index contributed by atoms with van der Waals surface area (Å²) in [5, 5.41) is 13.8. The fourth-order valence-corrected chi connectivity index (χ4v) is 3.90. The van der Waals surface area contributed by atoms with Gasteiger partial charge in [0.2, 0.25) is 0 Å². The molecule has 9 heteroatoms. The maximum atomic E-state index is 12.2. The van der Waals surface area contributed by atoms with E-state index >= 15 is 0 Å². The summed E-state index contributed by atoms with van der Waals surface area (Å²) in [5.74, 6) is 0.989. The Morgan fingerprint density at radius 2 is 2.05 bits per heavy atom.